The third-order valence-corrected chi connectivity index (χ3v) is 5.11. The molecule has 5 rings (SSSR count). The first-order valence-corrected chi connectivity index (χ1v) is 10.0. The molecule has 0 radical (unpaired) electrons. The molecule has 1 atom stereocenters. The fourth-order valence-electron chi connectivity index (χ4n) is 3.32. The van der Waals surface area contributed by atoms with Gasteiger partial charge in [-0.3, -0.25) is 15.1 Å². The average Bonchev–Trinajstić information content (AvgIpc) is 3.55. The molecule has 1 N–H and O–H groups in total. The number of carbonyl (C=O) groups is 1. The van der Waals surface area contributed by atoms with Gasteiger partial charge in [0.1, 0.15) is 11.9 Å². The molecule has 1 amide bonds. The number of ether oxygens (including phenoxy) is 1. The summed E-state index contributed by atoms with van der Waals surface area (Å²) in [6.07, 6.45) is 3.50. The van der Waals surface area contributed by atoms with Gasteiger partial charge >= 0.3 is 0 Å². The molecule has 0 spiro atoms. The van der Waals surface area contributed by atoms with E-state index in [4.69, 9.17) is 4.74 Å². The number of amides is 1. The largest absolute Gasteiger partial charge is 0.484 e. The molecule has 1 unspecified atom stereocenters. The van der Waals surface area contributed by atoms with E-state index in [1.807, 2.05) is 67.6 Å². The zero-order valence-electron chi connectivity index (χ0n) is 16.5. The molecule has 1 saturated carbocycles. The van der Waals surface area contributed by atoms with Crippen LogP contribution in [0.15, 0.2) is 66.9 Å². The van der Waals surface area contributed by atoms with Crippen molar-refractivity contribution in [1.29, 1.82) is 0 Å². The zero-order chi connectivity index (χ0) is 20.5. The summed E-state index contributed by atoms with van der Waals surface area (Å²) < 4.78 is 7.76. The summed E-state index contributed by atoms with van der Waals surface area (Å²) in [6, 6.07) is 19.4. The molecule has 1 aromatic carbocycles. The van der Waals surface area contributed by atoms with Crippen molar-refractivity contribution in [2.45, 2.75) is 25.9 Å². The topological polar surface area (TPSA) is 81.4 Å². The number of carbonyl (C=O) groups excluding carboxylic acids is 1. The van der Waals surface area contributed by atoms with Gasteiger partial charge in [0.2, 0.25) is 11.9 Å². The van der Waals surface area contributed by atoms with E-state index >= 15 is 0 Å². The lowest BCUT2D eigenvalue weighted by atomic mass is 10.1. The van der Waals surface area contributed by atoms with Gasteiger partial charge in [-0.25, -0.2) is 4.52 Å². The summed E-state index contributed by atoms with van der Waals surface area (Å²) >= 11 is 0. The molecule has 1 fully saturated rings. The SMILES string of the molecule is CC(Oc1ccc(-c2cccc3nc(NC(=O)C4CC4)nn23)cc1)c1ccccn1. The van der Waals surface area contributed by atoms with Crippen molar-refractivity contribution in [3.05, 3.63) is 72.6 Å². The van der Waals surface area contributed by atoms with Crippen LogP contribution in [0, 0.1) is 5.92 Å². The Labute approximate surface area is 173 Å². The number of pyridine rings is 2. The smallest absolute Gasteiger partial charge is 0.249 e. The van der Waals surface area contributed by atoms with Gasteiger partial charge < -0.3 is 4.74 Å². The maximum absolute atomic E-state index is 12.0. The predicted octanol–water partition coefficient (Wildman–Crippen LogP) is 4.28. The van der Waals surface area contributed by atoms with Crippen molar-refractivity contribution in [1.82, 2.24) is 19.6 Å². The summed E-state index contributed by atoms with van der Waals surface area (Å²) in [5.41, 5.74) is 3.43. The molecule has 0 aliphatic heterocycles. The Morgan fingerprint density at radius 2 is 1.93 bits per heavy atom. The van der Waals surface area contributed by atoms with Crippen LogP contribution >= 0.6 is 0 Å². The zero-order valence-corrected chi connectivity index (χ0v) is 16.5. The summed E-state index contributed by atoms with van der Waals surface area (Å²) in [5.74, 6) is 1.21. The molecule has 4 aromatic rings. The third kappa shape index (κ3) is 3.74. The molecular formula is C23H21N5O2. The molecule has 7 nitrogen and oxygen atoms in total. The van der Waals surface area contributed by atoms with Gasteiger partial charge in [-0.2, -0.15) is 4.98 Å². The Morgan fingerprint density at radius 1 is 1.10 bits per heavy atom. The number of rotatable bonds is 6. The minimum Gasteiger partial charge on any atom is -0.484 e. The van der Waals surface area contributed by atoms with Crippen molar-refractivity contribution in [3.8, 4) is 17.0 Å². The fourth-order valence-corrected chi connectivity index (χ4v) is 3.32. The maximum Gasteiger partial charge on any atom is 0.249 e. The highest BCUT2D eigenvalue weighted by Gasteiger charge is 2.30. The van der Waals surface area contributed by atoms with E-state index in [1.165, 1.54) is 0 Å². The molecule has 150 valence electrons. The van der Waals surface area contributed by atoms with Crippen molar-refractivity contribution < 1.29 is 9.53 Å². The summed E-state index contributed by atoms with van der Waals surface area (Å²) in [5, 5.41) is 7.29. The van der Waals surface area contributed by atoms with Crippen LogP contribution in [0.2, 0.25) is 0 Å². The standard InChI is InChI=1S/C23H21N5O2/c1-15(19-5-2-3-14-24-19)30-18-12-10-16(11-13-18)20-6-4-7-21-25-23(27-28(20)21)26-22(29)17-8-9-17/h2-7,10-15,17H,8-9H2,1H3,(H,26,27,29). The van der Waals surface area contributed by atoms with Crippen LogP contribution in [0.4, 0.5) is 5.95 Å². The quantitative estimate of drug-likeness (QED) is 0.523. The fraction of sp³-hybridized carbons (Fsp3) is 0.217. The minimum absolute atomic E-state index is 0.00372. The Balaban J connectivity index is 1.37. The number of hydrogen-bond donors (Lipinski definition) is 1. The Hall–Kier alpha value is -3.74. The van der Waals surface area contributed by atoms with Gasteiger partial charge in [0.15, 0.2) is 5.65 Å². The molecule has 3 aromatic heterocycles. The van der Waals surface area contributed by atoms with Crippen LogP contribution < -0.4 is 10.1 Å². The maximum atomic E-state index is 12.0. The molecule has 1 aliphatic rings. The number of fused-ring (bicyclic) bond motifs is 1. The number of benzene rings is 1. The minimum atomic E-state index is -0.145. The van der Waals surface area contributed by atoms with Crippen molar-refractivity contribution >= 4 is 17.5 Å². The lowest BCUT2D eigenvalue weighted by Crippen LogP contribution is -2.14. The molecule has 0 bridgehead atoms. The molecule has 7 heteroatoms. The first-order valence-electron chi connectivity index (χ1n) is 10.0. The van der Waals surface area contributed by atoms with E-state index in [1.54, 1.807) is 10.7 Å². The van der Waals surface area contributed by atoms with E-state index < -0.39 is 0 Å². The monoisotopic (exact) mass is 399 g/mol. The van der Waals surface area contributed by atoms with Crippen LogP contribution in [0.1, 0.15) is 31.6 Å². The van der Waals surface area contributed by atoms with Crippen LogP contribution in [0.25, 0.3) is 16.9 Å². The lowest BCUT2D eigenvalue weighted by Gasteiger charge is -2.14. The Morgan fingerprint density at radius 3 is 2.67 bits per heavy atom. The average molecular weight is 399 g/mol. The van der Waals surface area contributed by atoms with Crippen LogP contribution in [-0.4, -0.2) is 25.5 Å². The van der Waals surface area contributed by atoms with Gasteiger partial charge in [-0.1, -0.05) is 12.1 Å². The van der Waals surface area contributed by atoms with E-state index in [2.05, 4.69) is 20.4 Å². The van der Waals surface area contributed by atoms with E-state index in [9.17, 15) is 4.79 Å². The van der Waals surface area contributed by atoms with Gasteiger partial charge in [0.25, 0.3) is 0 Å². The normalized spacial score (nSPS) is 14.4. The molecule has 3 heterocycles. The van der Waals surface area contributed by atoms with Gasteiger partial charge in [0.05, 0.1) is 11.4 Å². The molecule has 1 aliphatic carbocycles. The number of aromatic nitrogens is 4. The highest BCUT2D eigenvalue weighted by atomic mass is 16.5. The van der Waals surface area contributed by atoms with Gasteiger partial charge in [0, 0.05) is 17.7 Å². The van der Waals surface area contributed by atoms with Crippen LogP contribution in [-0.2, 0) is 4.79 Å². The Kier molecular flexibility index (Phi) is 4.63. The summed E-state index contributed by atoms with van der Waals surface area (Å²) in [4.78, 5) is 20.8. The van der Waals surface area contributed by atoms with E-state index in [0.717, 1.165) is 35.5 Å². The second kappa shape index (κ2) is 7.59. The molecular weight excluding hydrogens is 378 g/mol. The van der Waals surface area contributed by atoms with E-state index in [-0.39, 0.29) is 17.9 Å². The number of hydrogen-bond acceptors (Lipinski definition) is 5. The van der Waals surface area contributed by atoms with Crippen molar-refractivity contribution in [3.63, 3.8) is 0 Å². The number of anilines is 1. The molecule has 30 heavy (non-hydrogen) atoms. The van der Waals surface area contributed by atoms with Crippen LogP contribution in [0.3, 0.4) is 0 Å². The third-order valence-electron chi connectivity index (χ3n) is 5.11. The van der Waals surface area contributed by atoms with Gasteiger partial charge in [-0.05, 0) is 68.3 Å². The number of nitrogens with zero attached hydrogens (tertiary/aromatic N) is 4. The summed E-state index contributed by atoms with van der Waals surface area (Å²) in [6.45, 7) is 1.98. The van der Waals surface area contributed by atoms with Gasteiger partial charge in [-0.15, -0.1) is 5.10 Å². The van der Waals surface area contributed by atoms with Crippen molar-refractivity contribution in [2.75, 3.05) is 5.32 Å². The second-order valence-electron chi connectivity index (χ2n) is 7.42. The molecule has 0 saturated heterocycles. The first-order chi connectivity index (χ1) is 14.7. The van der Waals surface area contributed by atoms with Crippen molar-refractivity contribution in [2.24, 2.45) is 5.92 Å². The summed E-state index contributed by atoms with van der Waals surface area (Å²) in [7, 11) is 0. The van der Waals surface area contributed by atoms with Crippen LogP contribution in [0.5, 0.6) is 5.75 Å². The number of nitrogens with one attached hydrogen (secondary N) is 1. The highest BCUT2D eigenvalue weighted by Crippen LogP contribution is 2.30. The second-order valence-corrected chi connectivity index (χ2v) is 7.42. The lowest BCUT2D eigenvalue weighted by molar-refractivity contribution is -0.117. The highest BCUT2D eigenvalue weighted by molar-refractivity contribution is 5.92. The first kappa shape index (κ1) is 18.3. The predicted molar refractivity (Wildman–Crippen MR) is 113 cm³/mol. The van der Waals surface area contributed by atoms with E-state index in [0.29, 0.717) is 11.6 Å². The Bertz CT molecular complexity index is 1180.